The molecule has 1 aromatic carbocycles. The van der Waals surface area contributed by atoms with E-state index in [4.69, 9.17) is 9.25 Å². The van der Waals surface area contributed by atoms with Gasteiger partial charge in [0, 0.05) is 5.39 Å². The third-order valence-electron chi connectivity index (χ3n) is 5.59. The van der Waals surface area contributed by atoms with Crippen LogP contribution in [0.4, 0.5) is 0 Å². The summed E-state index contributed by atoms with van der Waals surface area (Å²) in [5.41, 5.74) is 4.50. The summed E-state index contributed by atoms with van der Waals surface area (Å²) in [6.45, 7) is 3.76. The number of nitrogens with zero attached hydrogens (tertiary/aromatic N) is 2. The Bertz CT molecular complexity index is 1040. The largest absolute Gasteiger partial charge is 0.463 e. The molecule has 0 bridgehead atoms. The first-order valence-corrected chi connectivity index (χ1v) is 9.65. The molecule has 0 saturated heterocycles. The zero-order chi connectivity index (χ0) is 19.1. The fourth-order valence-electron chi connectivity index (χ4n) is 3.70. The number of carbonyl (C=O) groups is 1. The van der Waals surface area contributed by atoms with E-state index in [0.29, 0.717) is 16.5 Å². The van der Waals surface area contributed by atoms with Gasteiger partial charge in [-0.25, -0.2) is 10.5 Å². The first-order chi connectivity index (χ1) is 13.0. The number of fused-ring (bicyclic) bond motifs is 1. The van der Waals surface area contributed by atoms with Gasteiger partial charge in [0.1, 0.15) is 17.4 Å². The van der Waals surface area contributed by atoms with Crippen LogP contribution in [0, 0.1) is 23.7 Å². The lowest BCUT2D eigenvalue weighted by molar-refractivity contribution is -0.166. The fourth-order valence-corrected chi connectivity index (χ4v) is 4.71. The third kappa shape index (κ3) is 2.64. The molecule has 0 spiro atoms. The third-order valence-corrected chi connectivity index (χ3v) is 6.72. The van der Waals surface area contributed by atoms with Crippen molar-refractivity contribution in [1.29, 1.82) is 5.26 Å². The lowest BCUT2D eigenvalue weighted by Gasteiger charge is -2.48. The van der Waals surface area contributed by atoms with Crippen LogP contribution in [0.5, 0.6) is 0 Å². The zero-order valence-electron chi connectivity index (χ0n) is 15.1. The van der Waals surface area contributed by atoms with Crippen LogP contribution < -0.4 is 5.48 Å². The topological polar surface area (TPSA) is 88.2 Å². The molecular weight excluding hydrogens is 362 g/mol. The Morgan fingerprint density at radius 2 is 2.22 bits per heavy atom. The first-order valence-electron chi connectivity index (χ1n) is 8.77. The number of nitriles is 1. The van der Waals surface area contributed by atoms with Gasteiger partial charge in [0.05, 0.1) is 33.1 Å². The minimum absolute atomic E-state index is 0.397. The molecule has 1 fully saturated rings. The molecule has 1 aliphatic rings. The van der Waals surface area contributed by atoms with Gasteiger partial charge in [-0.15, -0.1) is 11.3 Å². The summed E-state index contributed by atoms with van der Waals surface area (Å²) in [4.78, 5) is 23.9. The second kappa shape index (κ2) is 6.48. The lowest BCUT2D eigenvalue weighted by atomic mass is 9.59. The number of hydrogen-bond donors (Lipinski definition) is 1. The predicted octanol–water partition coefficient (Wildman–Crippen LogP) is 4.47. The van der Waals surface area contributed by atoms with Crippen molar-refractivity contribution in [2.24, 2.45) is 5.41 Å². The maximum atomic E-state index is 12.8. The molecule has 2 heterocycles. The van der Waals surface area contributed by atoms with Crippen molar-refractivity contribution in [3.05, 3.63) is 52.2 Å². The van der Waals surface area contributed by atoms with Crippen molar-refractivity contribution in [1.82, 2.24) is 10.5 Å². The first kappa shape index (κ1) is 17.7. The standard InChI is InChI=1S/C20H19N3O3S/c1-13-17(27-12-22-13)19(2,20(11-21)8-5-9-20)26-23-18(24)15-10-25-16-7-4-3-6-14(15)16/h3-4,6-7,10,12H,5,8-9H2,1-2H3,(H,23,24). The van der Waals surface area contributed by atoms with Gasteiger partial charge in [-0.1, -0.05) is 24.6 Å². The number of hydroxylamine groups is 1. The van der Waals surface area contributed by atoms with Crippen LogP contribution in [0.2, 0.25) is 0 Å². The summed E-state index contributed by atoms with van der Waals surface area (Å²) in [6.07, 6.45) is 3.83. The Labute approximate surface area is 160 Å². The van der Waals surface area contributed by atoms with E-state index in [0.717, 1.165) is 29.8 Å². The molecule has 1 atom stereocenters. The predicted molar refractivity (Wildman–Crippen MR) is 101 cm³/mol. The van der Waals surface area contributed by atoms with Crippen LogP contribution in [0.15, 0.2) is 40.5 Å². The summed E-state index contributed by atoms with van der Waals surface area (Å²) in [6, 6.07) is 9.76. The average Bonchev–Trinajstić information content (AvgIpc) is 3.25. The molecule has 3 aromatic rings. The number of furan rings is 1. The molecule has 0 aliphatic heterocycles. The van der Waals surface area contributed by atoms with Crippen LogP contribution in [0.3, 0.4) is 0 Å². The summed E-state index contributed by atoms with van der Waals surface area (Å²) in [5.74, 6) is -0.402. The number of rotatable bonds is 5. The number of aryl methyl sites for hydroxylation is 1. The SMILES string of the molecule is Cc1ncsc1C(C)(ONC(=O)c1coc2ccccc12)C1(C#N)CCC1. The van der Waals surface area contributed by atoms with Gasteiger partial charge >= 0.3 is 0 Å². The van der Waals surface area contributed by atoms with Gasteiger partial charge in [-0.05, 0) is 32.8 Å². The highest BCUT2D eigenvalue weighted by Crippen LogP contribution is 2.56. The molecule has 1 amide bonds. The minimum Gasteiger partial charge on any atom is -0.463 e. The Balaban J connectivity index is 1.64. The molecule has 1 N–H and O–H groups in total. The summed E-state index contributed by atoms with van der Waals surface area (Å²) in [5, 5.41) is 10.6. The summed E-state index contributed by atoms with van der Waals surface area (Å²) >= 11 is 1.44. The number of benzene rings is 1. The van der Waals surface area contributed by atoms with Gasteiger partial charge in [-0.2, -0.15) is 5.26 Å². The van der Waals surface area contributed by atoms with Crippen LogP contribution in [0.25, 0.3) is 11.0 Å². The van der Waals surface area contributed by atoms with Crippen molar-refractivity contribution in [2.75, 3.05) is 0 Å². The van der Waals surface area contributed by atoms with E-state index in [1.165, 1.54) is 17.6 Å². The van der Waals surface area contributed by atoms with Gasteiger partial charge in [0.15, 0.2) is 0 Å². The van der Waals surface area contributed by atoms with Gasteiger partial charge in [-0.3, -0.25) is 9.63 Å². The zero-order valence-corrected chi connectivity index (χ0v) is 15.9. The van der Waals surface area contributed by atoms with E-state index in [1.54, 1.807) is 11.6 Å². The number of hydrogen-bond acceptors (Lipinski definition) is 6. The number of aromatic nitrogens is 1. The Morgan fingerprint density at radius 3 is 2.85 bits per heavy atom. The van der Waals surface area contributed by atoms with E-state index in [2.05, 4.69) is 16.5 Å². The molecule has 0 radical (unpaired) electrons. The number of thiazole rings is 1. The molecule has 1 unspecified atom stereocenters. The highest BCUT2D eigenvalue weighted by molar-refractivity contribution is 7.09. The Hall–Kier alpha value is -2.69. The molecule has 6 nitrogen and oxygen atoms in total. The Morgan fingerprint density at radius 1 is 1.44 bits per heavy atom. The van der Waals surface area contributed by atoms with E-state index in [9.17, 15) is 10.1 Å². The number of amides is 1. The van der Waals surface area contributed by atoms with Crippen molar-refractivity contribution in [2.45, 2.75) is 38.7 Å². The number of nitrogens with one attached hydrogen (secondary N) is 1. The van der Waals surface area contributed by atoms with Crippen molar-refractivity contribution < 1.29 is 14.0 Å². The van der Waals surface area contributed by atoms with Crippen LogP contribution in [-0.2, 0) is 10.4 Å². The normalized spacial score (nSPS) is 17.7. The number of para-hydroxylation sites is 1. The van der Waals surface area contributed by atoms with Crippen LogP contribution in [0.1, 0.15) is 47.1 Å². The second-order valence-corrected chi connectivity index (χ2v) is 7.88. The monoisotopic (exact) mass is 381 g/mol. The van der Waals surface area contributed by atoms with Gasteiger partial charge in [0.25, 0.3) is 5.91 Å². The molecule has 2 aromatic heterocycles. The van der Waals surface area contributed by atoms with Crippen molar-refractivity contribution in [3.8, 4) is 6.07 Å². The molecule has 27 heavy (non-hydrogen) atoms. The minimum atomic E-state index is -0.972. The van der Waals surface area contributed by atoms with E-state index < -0.39 is 16.9 Å². The molecule has 1 aliphatic carbocycles. The quantitative estimate of drug-likeness (QED) is 0.659. The highest BCUT2D eigenvalue weighted by Gasteiger charge is 2.57. The van der Waals surface area contributed by atoms with Crippen LogP contribution in [-0.4, -0.2) is 10.9 Å². The molecule has 7 heteroatoms. The molecule has 1 saturated carbocycles. The van der Waals surface area contributed by atoms with Crippen molar-refractivity contribution >= 4 is 28.2 Å². The van der Waals surface area contributed by atoms with E-state index in [-0.39, 0.29) is 0 Å². The second-order valence-electron chi connectivity index (χ2n) is 7.03. The van der Waals surface area contributed by atoms with Gasteiger partial charge in [0.2, 0.25) is 0 Å². The summed E-state index contributed by atoms with van der Waals surface area (Å²) in [7, 11) is 0. The van der Waals surface area contributed by atoms with Gasteiger partial charge < -0.3 is 4.42 Å². The smallest absolute Gasteiger partial charge is 0.278 e. The summed E-state index contributed by atoms with van der Waals surface area (Å²) < 4.78 is 5.44. The highest BCUT2D eigenvalue weighted by atomic mass is 32.1. The lowest BCUT2D eigenvalue weighted by Crippen LogP contribution is -2.52. The molecular formula is C20H19N3O3S. The maximum Gasteiger partial charge on any atom is 0.278 e. The Kier molecular flexibility index (Phi) is 4.25. The van der Waals surface area contributed by atoms with Crippen LogP contribution >= 0.6 is 11.3 Å². The maximum absolute atomic E-state index is 12.8. The molecule has 138 valence electrons. The van der Waals surface area contributed by atoms with E-state index >= 15 is 0 Å². The van der Waals surface area contributed by atoms with Crippen molar-refractivity contribution in [3.63, 3.8) is 0 Å². The fraction of sp³-hybridized carbons (Fsp3) is 0.350. The number of carbonyl (C=O) groups excluding carboxylic acids is 1. The molecule has 4 rings (SSSR count). The average molecular weight is 381 g/mol. The van der Waals surface area contributed by atoms with E-state index in [1.807, 2.05) is 32.0 Å².